The Balaban J connectivity index is 2.65. The lowest BCUT2D eigenvalue weighted by molar-refractivity contribution is 0.0897. The van der Waals surface area contributed by atoms with E-state index < -0.39 is 0 Å². The van der Waals surface area contributed by atoms with Crippen molar-refractivity contribution in [2.45, 2.75) is 13.0 Å². The van der Waals surface area contributed by atoms with Gasteiger partial charge in [-0.3, -0.25) is 4.79 Å². The van der Waals surface area contributed by atoms with Crippen LogP contribution >= 0.6 is 15.9 Å². The third-order valence-corrected chi connectivity index (χ3v) is 2.43. The monoisotopic (exact) mass is 274 g/mol. The molecule has 0 aliphatic rings. The predicted molar refractivity (Wildman–Crippen MR) is 61.9 cm³/mol. The first kappa shape index (κ1) is 12.3. The summed E-state index contributed by atoms with van der Waals surface area (Å²) < 4.78 is 7.62. The van der Waals surface area contributed by atoms with E-state index in [0.29, 0.717) is 12.3 Å². The third kappa shape index (κ3) is 3.35. The molecule has 1 unspecified atom stereocenters. The number of nitrogens with one attached hydrogen (secondary N) is 1. The summed E-state index contributed by atoms with van der Waals surface area (Å²) in [6.07, 6.45) is 1.84. The minimum absolute atomic E-state index is 0.0103. The fourth-order valence-corrected chi connectivity index (χ4v) is 1.86. The van der Waals surface area contributed by atoms with Crippen molar-refractivity contribution in [3.8, 4) is 0 Å². The molecule has 0 saturated heterocycles. The Morgan fingerprint density at radius 1 is 1.73 bits per heavy atom. The van der Waals surface area contributed by atoms with Crippen molar-refractivity contribution in [1.29, 1.82) is 0 Å². The molecular formula is C10H15BrN2O2. The Bertz CT molecular complexity index is 349. The van der Waals surface area contributed by atoms with E-state index in [0.717, 1.165) is 4.47 Å². The highest BCUT2D eigenvalue weighted by Crippen LogP contribution is 2.13. The lowest BCUT2D eigenvalue weighted by Crippen LogP contribution is -2.36. The second kappa shape index (κ2) is 5.32. The van der Waals surface area contributed by atoms with Crippen LogP contribution in [0.5, 0.6) is 0 Å². The zero-order chi connectivity index (χ0) is 11.4. The average molecular weight is 275 g/mol. The molecule has 1 N–H and O–H groups in total. The van der Waals surface area contributed by atoms with Crippen molar-refractivity contribution in [2.24, 2.45) is 7.05 Å². The molecule has 1 heterocycles. The van der Waals surface area contributed by atoms with Gasteiger partial charge in [-0.1, -0.05) is 0 Å². The molecule has 0 radical (unpaired) electrons. The number of ether oxygens (including phenoxy) is 1. The van der Waals surface area contributed by atoms with E-state index in [1.165, 1.54) is 0 Å². The molecule has 1 aromatic rings. The van der Waals surface area contributed by atoms with Crippen molar-refractivity contribution in [3.63, 3.8) is 0 Å². The van der Waals surface area contributed by atoms with Crippen molar-refractivity contribution in [2.75, 3.05) is 13.7 Å². The highest BCUT2D eigenvalue weighted by molar-refractivity contribution is 9.10. The number of methoxy groups -OCH3 is 1. The van der Waals surface area contributed by atoms with E-state index in [1.54, 1.807) is 17.7 Å². The summed E-state index contributed by atoms with van der Waals surface area (Å²) in [5.41, 5.74) is 0.629. The van der Waals surface area contributed by atoms with Crippen LogP contribution in [0.3, 0.4) is 0 Å². The van der Waals surface area contributed by atoms with Crippen LogP contribution in [-0.2, 0) is 11.8 Å². The number of hydrogen-bond acceptors (Lipinski definition) is 2. The molecule has 0 aliphatic carbocycles. The number of hydrogen-bond donors (Lipinski definition) is 1. The second-order valence-electron chi connectivity index (χ2n) is 3.48. The lowest BCUT2D eigenvalue weighted by Gasteiger charge is -2.12. The van der Waals surface area contributed by atoms with Crippen molar-refractivity contribution in [1.82, 2.24) is 9.88 Å². The van der Waals surface area contributed by atoms with Gasteiger partial charge >= 0.3 is 0 Å². The summed E-state index contributed by atoms with van der Waals surface area (Å²) >= 11 is 3.32. The molecule has 1 rings (SSSR count). The minimum Gasteiger partial charge on any atom is -0.383 e. The quantitative estimate of drug-likeness (QED) is 0.906. The minimum atomic E-state index is -0.0900. The standard InChI is InChI=1S/C10H15BrN2O2/c1-7(6-15-3)12-10(14)9-4-8(11)5-13(9)2/h4-5,7H,6H2,1-3H3,(H,12,14). The largest absolute Gasteiger partial charge is 0.383 e. The van der Waals surface area contributed by atoms with Crippen LogP contribution in [0.4, 0.5) is 0 Å². The van der Waals surface area contributed by atoms with Crippen LogP contribution in [-0.4, -0.2) is 30.2 Å². The summed E-state index contributed by atoms with van der Waals surface area (Å²) in [5, 5.41) is 2.85. The van der Waals surface area contributed by atoms with Gasteiger partial charge in [-0.05, 0) is 28.9 Å². The van der Waals surface area contributed by atoms with Crippen LogP contribution in [0.25, 0.3) is 0 Å². The van der Waals surface area contributed by atoms with Crippen LogP contribution in [0, 0.1) is 0 Å². The molecule has 0 aromatic carbocycles. The van der Waals surface area contributed by atoms with Crippen molar-refractivity contribution >= 4 is 21.8 Å². The number of aromatic nitrogens is 1. The molecule has 4 nitrogen and oxygen atoms in total. The van der Waals surface area contributed by atoms with Crippen molar-refractivity contribution in [3.05, 3.63) is 22.4 Å². The van der Waals surface area contributed by atoms with E-state index in [-0.39, 0.29) is 11.9 Å². The van der Waals surface area contributed by atoms with Gasteiger partial charge in [0.15, 0.2) is 0 Å². The van der Waals surface area contributed by atoms with E-state index in [1.807, 2.05) is 20.2 Å². The number of halogens is 1. The summed E-state index contributed by atoms with van der Waals surface area (Å²) in [6, 6.07) is 1.80. The smallest absolute Gasteiger partial charge is 0.268 e. The van der Waals surface area contributed by atoms with Crippen molar-refractivity contribution < 1.29 is 9.53 Å². The van der Waals surface area contributed by atoms with Crippen LogP contribution < -0.4 is 5.32 Å². The summed E-state index contributed by atoms with van der Waals surface area (Å²) in [5.74, 6) is -0.0900. The first-order valence-corrected chi connectivity index (χ1v) is 5.45. The molecule has 15 heavy (non-hydrogen) atoms. The van der Waals surface area contributed by atoms with Gasteiger partial charge in [0.2, 0.25) is 0 Å². The Hall–Kier alpha value is -0.810. The first-order chi connectivity index (χ1) is 7.04. The topological polar surface area (TPSA) is 43.3 Å². The zero-order valence-electron chi connectivity index (χ0n) is 9.08. The van der Waals surface area contributed by atoms with Gasteiger partial charge in [-0.15, -0.1) is 0 Å². The molecule has 0 spiro atoms. The molecule has 0 bridgehead atoms. The third-order valence-electron chi connectivity index (χ3n) is 2.00. The molecular weight excluding hydrogens is 260 g/mol. The maximum Gasteiger partial charge on any atom is 0.268 e. The molecule has 1 atom stereocenters. The van der Waals surface area contributed by atoms with E-state index >= 15 is 0 Å². The van der Waals surface area contributed by atoms with E-state index in [4.69, 9.17) is 4.74 Å². The molecule has 0 saturated carbocycles. The summed E-state index contributed by atoms with van der Waals surface area (Å²) in [4.78, 5) is 11.8. The van der Waals surface area contributed by atoms with Crippen LogP contribution in [0.2, 0.25) is 0 Å². The number of nitrogens with zero attached hydrogens (tertiary/aromatic N) is 1. The van der Waals surface area contributed by atoms with Crippen LogP contribution in [0.1, 0.15) is 17.4 Å². The van der Waals surface area contributed by atoms with Gasteiger partial charge in [0.05, 0.1) is 6.61 Å². The molecule has 5 heteroatoms. The van der Waals surface area contributed by atoms with Gasteiger partial charge in [0, 0.05) is 30.9 Å². The first-order valence-electron chi connectivity index (χ1n) is 4.66. The molecule has 1 amide bonds. The molecule has 1 aromatic heterocycles. The number of aryl methyl sites for hydroxylation is 1. The number of carbonyl (C=O) groups excluding carboxylic acids is 1. The van der Waals surface area contributed by atoms with E-state index in [2.05, 4.69) is 21.2 Å². The Morgan fingerprint density at radius 2 is 2.40 bits per heavy atom. The summed E-state index contributed by atoms with van der Waals surface area (Å²) in [7, 11) is 3.45. The SMILES string of the molecule is COCC(C)NC(=O)c1cc(Br)cn1C. The van der Waals surface area contributed by atoms with Gasteiger partial charge in [0.1, 0.15) is 5.69 Å². The second-order valence-corrected chi connectivity index (χ2v) is 4.40. The van der Waals surface area contributed by atoms with Crippen LogP contribution in [0.15, 0.2) is 16.7 Å². The molecule has 0 fully saturated rings. The zero-order valence-corrected chi connectivity index (χ0v) is 10.7. The number of rotatable bonds is 4. The van der Waals surface area contributed by atoms with Gasteiger partial charge < -0.3 is 14.6 Å². The lowest BCUT2D eigenvalue weighted by atomic mass is 10.3. The Kier molecular flexibility index (Phi) is 4.35. The highest BCUT2D eigenvalue weighted by Gasteiger charge is 2.13. The Morgan fingerprint density at radius 3 is 2.87 bits per heavy atom. The number of amides is 1. The van der Waals surface area contributed by atoms with E-state index in [9.17, 15) is 4.79 Å². The van der Waals surface area contributed by atoms with Gasteiger partial charge in [-0.25, -0.2) is 0 Å². The average Bonchev–Trinajstić information content (AvgIpc) is 2.45. The van der Waals surface area contributed by atoms with Gasteiger partial charge in [-0.2, -0.15) is 0 Å². The maximum atomic E-state index is 11.8. The Labute approximate surface area is 97.7 Å². The number of carbonyl (C=O) groups is 1. The predicted octanol–water partition coefficient (Wildman–Crippen LogP) is 1.55. The summed E-state index contributed by atoms with van der Waals surface area (Å²) in [6.45, 7) is 2.41. The maximum absolute atomic E-state index is 11.8. The fraction of sp³-hybridized carbons (Fsp3) is 0.500. The highest BCUT2D eigenvalue weighted by atomic mass is 79.9. The fourth-order valence-electron chi connectivity index (χ4n) is 1.34. The van der Waals surface area contributed by atoms with Gasteiger partial charge in [0.25, 0.3) is 5.91 Å². The molecule has 0 aliphatic heterocycles. The normalized spacial score (nSPS) is 12.5. The molecule has 84 valence electrons.